The first-order valence-corrected chi connectivity index (χ1v) is 14.9. The van der Waals surface area contributed by atoms with E-state index >= 15 is 0 Å². The molecule has 202 valence electrons. The fourth-order valence-electron chi connectivity index (χ4n) is 4.48. The maximum Gasteiger partial charge on any atom is 0.524 e. The predicted octanol–water partition coefficient (Wildman–Crippen LogP) is 3.63. The minimum atomic E-state index is -4.47. The van der Waals surface area contributed by atoms with E-state index in [4.69, 9.17) is 14.3 Å². The lowest BCUT2D eigenvalue weighted by Crippen LogP contribution is -2.29. The monoisotopic (exact) mass is 531 g/mol. The van der Waals surface area contributed by atoms with Crippen LogP contribution in [0.25, 0.3) is 0 Å². The number of aryl methyl sites for hydroxylation is 1. The van der Waals surface area contributed by atoms with Gasteiger partial charge in [-0.25, -0.2) is 4.57 Å². The molecular weight excluding hydrogens is 493 g/mol. The van der Waals surface area contributed by atoms with Gasteiger partial charge in [-0.2, -0.15) is 0 Å². The third-order valence-corrected chi connectivity index (χ3v) is 7.16. The van der Waals surface area contributed by atoms with Gasteiger partial charge in [0.1, 0.15) is 17.1 Å². The number of allylic oxidation sites excluding steroid dienone is 1. The van der Waals surface area contributed by atoms with E-state index in [0.29, 0.717) is 22.8 Å². The fourth-order valence-corrected chi connectivity index (χ4v) is 4.91. The highest BCUT2D eigenvalue weighted by Gasteiger charge is 2.43. The second kappa shape index (κ2) is 12.3. The number of hydrogen-bond donors (Lipinski definition) is 2. The Balaban J connectivity index is 0.000000174. The van der Waals surface area contributed by atoms with Gasteiger partial charge in [-0.3, -0.25) is 19.4 Å². The summed E-state index contributed by atoms with van der Waals surface area (Å²) in [7, 11) is -4.47. The number of rotatable bonds is 13. The Morgan fingerprint density at radius 2 is 1.38 bits per heavy atom. The number of ketones is 2. The molecule has 3 fully saturated rings. The van der Waals surface area contributed by atoms with Crippen molar-refractivity contribution in [1.29, 1.82) is 0 Å². The van der Waals surface area contributed by atoms with Gasteiger partial charge in [0.2, 0.25) is 11.6 Å². The van der Waals surface area contributed by atoms with E-state index in [0.717, 1.165) is 64.1 Å². The summed E-state index contributed by atoms with van der Waals surface area (Å²) in [6.07, 6.45) is 10.8. The van der Waals surface area contributed by atoms with Crippen molar-refractivity contribution < 1.29 is 28.5 Å². The van der Waals surface area contributed by atoms with E-state index in [2.05, 4.69) is 6.92 Å². The summed E-state index contributed by atoms with van der Waals surface area (Å²) in [6, 6.07) is 7.06. The fraction of sp³-hybridized carbons (Fsp3) is 0.556. The van der Waals surface area contributed by atoms with E-state index in [9.17, 15) is 14.2 Å². The van der Waals surface area contributed by atoms with Crippen LogP contribution in [0.2, 0.25) is 0 Å². The zero-order chi connectivity index (χ0) is 26.4. The number of carbonyl (C=O) groups is 2. The minimum absolute atomic E-state index is 0.00546. The van der Waals surface area contributed by atoms with Crippen LogP contribution in [0.5, 0.6) is 5.75 Å². The number of Topliss-reactive ketones (excluding diaryl/α,β-unsaturated/α-hetero) is 1. The number of unbranched alkanes of at least 4 members (excludes halogenated alkanes) is 6. The predicted molar refractivity (Wildman–Crippen MR) is 141 cm³/mol. The number of hydrogen-bond acceptors (Lipinski definition) is 7. The molecule has 3 aliphatic heterocycles. The summed E-state index contributed by atoms with van der Waals surface area (Å²) in [5, 5.41) is 0. The zero-order valence-electron chi connectivity index (χ0n) is 21.6. The molecule has 3 saturated heterocycles. The Kier molecular flexibility index (Phi) is 9.11. The summed E-state index contributed by atoms with van der Waals surface area (Å²) < 4.78 is 15.6. The molecule has 0 spiro atoms. The molecule has 3 heterocycles. The topological polar surface area (TPSA) is 110 Å². The van der Waals surface area contributed by atoms with Crippen LogP contribution in [0.3, 0.4) is 0 Å². The molecule has 0 aromatic heterocycles. The van der Waals surface area contributed by atoms with E-state index < -0.39 is 7.82 Å². The number of nitrogens with zero attached hydrogens (tertiary/aromatic N) is 3. The molecule has 0 radical (unpaired) electrons. The van der Waals surface area contributed by atoms with E-state index in [1.165, 1.54) is 38.2 Å². The Labute approximate surface area is 219 Å². The van der Waals surface area contributed by atoms with Crippen LogP contribution in [0, 0.1) is 0 Å². The molecule has 0 bridgehead atoms. The molecule has 0 atom stereocenters. The lowest BCUT2D eigenvalue weighted by molar-refractivity contribution is -0.117. The van der Waals surface area contributed by atoms with Crippen LogP contribution in [0.15, 0.2) is 47.4 Å². The molecule has 10 heteroatoms. The standard InChI is InChI=1S/C15H25O4P.C12H13N3O2/c1-2-3-4-5-6-7-8-11-14-12-9-10-13-15(14)19-20(16,17)18;16-9-7-8(13-1-2-13)12(17)11(15-5-6-15)10(9)14-3-4-14/h9-10,12-13H,2-8,11H2,1H3,(H2,16,17,18);7H,1-6H2. The van der Waals surface area contributed by atoms with Crippen molar-refractivity contribution in [2.45, 2.75) is 58.3 Å². The van der Waals surface area contributed by atoms with Crippen molar-refractivity contribution in [3.05, 3.63) is 53.0 Å². The molecule has 1 aromatic rings. The first-order chi connectivity index (χ1) is 17.8. The lowest BCUT2D eigenvalue weighted by Gasteiger charge is -2.21. The van der Waals surface area contributed by atoms with Gasteiger partial charge in [0.05, 0.1) is 5.70 Å². The van der Waals surface area contributed by atoms with Crippen molar-refractivity contribution in [1.82, 2.24) is 14.7 Å². The van der Waals surface area contributed by atoms with Crippen molar-refractivity contribution in [3.8, 4) is 5.75 Å². The van der Waals surface area contributed by atoms with Crippen molar-refractivity contribution >= 4 is 19.4 Å². The van der Waals surface area contributed by atoms with Gasteiger partial charge in [-0.05, 0) is 24.5 Å². The van der Waals surface area contributed by atoms with Crippen molar-refractivity contribution in [2.24, 2.45) is 0 Å². The summed E-state index contributed by atoms with van der Waals surface area (Å²) in [6.45, 7) is 7.61. The Morgan fingerprint density at radius 3 is 1.97 bits per heavy atom. The van der Waals surface area contributed by atoms with Gasteiger partial charge in [0.15, 0.2) is 0 Å². The maximum absolute atomic E-state index is 12.4. The van der Waals surface area contributed by atoms with Gasteiger partial charge in [0.25, 0.3) is 0 Å². The normalized spacial score (nSPS) is 18.5. The molecule has 0 amide bonds. The van der Waals surface area contributed by atoms with Gasteiger partial charge in [-0.1, -0.05) is 63.6 Å². The average molecular weight is 532 g/mol. The average Bonchev–Trinajstić information content (AvgIpc) is 3.69. The highest BCUT2D eigenvalue weighted by molar-refractivity contribution is 7.46. The van der Waals surface area contributed by atoms with Crippen LogP contribution in [0.4, 0.5) is 0 Å². The Bertz CT molecular complexity index is 1100. The molecule has 5 rings (SSSR count). The molecule has 0 saturated carbocycles. The largest absolute Gasteiger partial charge is 0.524 e. The summed E-state index contributed by atoms with van der Waals surface area (Å²) in [5.41, 5.74) is 2.75. The second-order valence-electron chi connectivity index (χ2n) is 9.94. The quantitative estimate of drug-likeness (QED) is 0.171. The Morgan fingerprint density at radius 1 is 0.811 bits per heavy atom. The molecule has 1 aromatic carbocycles. The molecular formula is C27H38N3O6P. The molecule has 1 aliphatic carbocycles. The first kappa shape index (κ1) is 27.4. The summed E-state index contributed by atoms with van der Waals surface area (Å²) in [4.78, 5) is 48.2. The van der Waals surface area contributed by atoms with E-state index in [1.807, 2.05) is 26.8 Å². The summed E-state index contributed by atoms with van der Waals surface area (Å²) in [5.74, 6) is 0.346. The number of benzene rings is 1. The minimum Gasteiger partial charge on any atom is -0.404 e. The van der Waals surface area contributed by atoms with Crippen LogP contribution >= 0.6 is 7.82 Å². The second-order valence-corrected chi connectivity index (χ2v) is 11.1. The maximum atomic E-state index is 12.4. The van der Waals surface area contributed by atoms with Crippen LogP contribution < -0.4 is 4.52 Å². The van der Waals surface area contributed by atoms with Crippen molar-refractivity contribution in [3.63, 3.8) is 0 Å². The van der Waals surface area contributed by atoms with E-state index in [1.54, 1.807) is 12.1 Å². The Hall–Kier alpha value is -2.61. The molecule has 0 unspecified atom stereocenters. The third kappa shape index (κ3) is 8.19. The number of para-hydroxylation sites is 1. The van der Waals surface area contributed by atoms with Gasteiger partial charge in [-0.15, -0.1) is 0 Å². The number of phosphoric acid groups is 1. The highest BCUT2D eigenvalue weighted by Crippen LogP contribution is 2.39. The van der Waals surface area contributed by atoms with Crippen LogP contribution in [-0.2, 0) is 20.6 Å². The number of phosphoric ester groups is 1. The molecule has 37 heavy (non-hydrogen) atoms. The SMILES string of the molecule is CCCCCCCCCc1ccccc1OP(=O)(O)O.O=C1C=C(N2CC2)C(=O)C(N2CC2)=C1N1CC1. The summed E-state index contributed by atoms with van der Waals surface area (Å²) >= 11 is 0. The number of carbonyl (C=O) groups excluding carboxylic acids is 2. The van der Waals surface area contributed by atoms with Crippen molar-refractivity contribution in [2.75, 3.05) is 39.3 Å². The molecule has 4 aliphatic rings. The zero-order valence-corrected chi connectivity index (χ0v) is 22.5. The van der Waals surface area contributed by atoms with Gasteiger partial charge >= 0.3 is 7.82 Å². The van der Waals surface area contributed by atoms with Gasteiger partial charge < -0.3 is 19.2 Å². The lowest BCUT2D eigenvalue weighted by atomic mass is 10.0. The van der Waals surface area contributed by atoms with Crippen LogP contribution in [-0.4, -0.2) is 75.3 Å². The van der Waals surface area contributed by atoms with Crippen LogP contribution in [0.1, 0.15) is 57.4 Å². The van der Waals surface area contributed by atoms with Gasteiger partial charge in [0, 0.05) is 45.3 Å². The first-order valence-electron chi connectivity index (χ1n) is 13.4. The third-order valence-electron chi connectivity index (χ3n) is 6.73. The highest BCUT2D eigenvalue weighted by atomic mass is 31.2. The van der Waals surface area contributed by atoms with E-state index in [-0.39, 0.29) is 11.6 Å². The smallest absolute Gasteiger partial charge is 0.404 e. The molecule has 2 N–H and O–H groups in total. The molecule has 9 nitrogen and oxygen atoms in total.